The number of rotatable bonds is 3. The number of likely N-dealkylation sites (tertiary alicyclic amines) is 2. The number of piperidine rings is 1. The van der Waals surface area contributed by atoms with Gasteiger partial charge >= 0.3 is 0 Å². The molecule has 3 heterocycles. The number of anilines is 1. The van der Waals surface area contributed by atoms with Crippen LogP contribution in [0.15, 0.2) is 36.5 Å². The Morgan fingerprint density at radius 2 is 2.04 bits per heavy atom. The molecule has 2 aliphatic rings. The molecule has 1 unspecified atom stereocenters. The molecular formula is C22H28N4O. The van der Waals surface area contributed by atoms with Crippen LogP contribution in [0.3, 0.4) is 0 Å². The predicted molar refractivity (Wildman–Crippen MR) is 109 cm³/mol. The van der Waals surface area contributed by atoms with E-state index < -0.39 is 0 Å². The minimum atomic E-state index is 0.124. The van der Waals surface area contributed by atoms with Gasteiger partial charge in [0.2, 0.25) is 0 Å². The van der Waals surface area contributed by atoms with Crippen LogP contribution in [0.1, 0.15) is 42.1 Å². The van der Waals surface area contributed by atoms with E-state index in [9.17, 15) is 4.79 Å². The second kappa shape index (κ2) is 7.31. The van der Waals surface area contributed by atoms with Gasteiger partial charge in [-0.15, -0.1) is 0 Å². The average molecular weight is 364 g/mol. The fourth-order valence-corrected chi connectivity index (χ4v) is 4.38. The van der Waals surface area contributed by atoms with E-state index >= 15 is 0 Å². The lowest BCUT2D eigenvalue weighted by Gasteiger charge is -2.49. The first-order chi connectivity index (χ1) is 13.0. The molecule has 4 rings (SSSR count). The third-order valence-corrected chi connectivity index (χ3v) is 6.03. The van der Waals surface area contributed by atoms with E-state index in [0.29, 0.717) is 17.9 Å². The van der Waals surface area contributed by atoms with Crippen LogP contribution in [0.4, 0.5) is 5.82 Å². The zero-order valence-corrected chi connectivity index (χ0v) is 16.2. The summed E-state index contributed by atoms with van der Waals surface area (Å²) in [5, 5.41) is 0. The minimum absolute atomic E-state index is 0.124. The first-order valence-electron chi connectivity index (χ1n) is 9.90. The minimum Gasteiger partial charge on any atom is -0.384 e. The van der Waals surface area contributed by atoms with E-state index in [1.165, 1.54) is 25.8 Å². The van der Waals surface area contributed by atoms with Gasteiger partial charge in [-0.1, -0.05) is 18.6 Å². The summed E-state index contributed by atoms with van der Waals surface area (Å²) >= 11 is 0. The Kier molecular flexibility index (Phi) is 4.87. The van der Waals surface area contributed by atoms with E-state index in [4.69, 9.17) is 5.73 Å². The van der Waals surface area contributed by atoms with Crippen LogP contribution in [0, 0.1) is 6.92 Å². The molecule has 2 N–H and O–H groups in total. The number of nitrogens with zero attached hydrogens (tertiary/aromatic N) is 3. The van der Waals surface area contributed by atoms with Crippen LogP contribution in [0.2, 0.25) is 0 Å². The summed E-state index contributed by atoms with van der Waals surface area (Å²) in [7, 11) is 0. The Bertz CT molecular complexity index is 844. The highest BCUT2D eigenvalue weighted by molar-refractivity contribution is 5.96. The van der Waals surface area contributed by atoms with E-state index in [1.54, 1.807) is 6.20 Å². The molecule has 2 saturated heterocycles. The zero-order valence-electron chi connectivity index (χ0n) is 16.2. The van der Waals surface area contributed by atoms with Crippen molar-refractivity contribution in [3.8, 4) is 11.1 Å². The topological polar surface area (TPSA) is 62.5 Å². The molecule has 0 radical (unpaired) electrons. The molecule has 2 fully saturated rings. The van der Waals surface area contributed by atoms with Crippen molar-refractivity contribution in [2.24, 2.45) is 0 Å². The zero-order chi connectivity index (χ0) is 19.0. The lowest BCUT2D eigenvalue weighted by Crippen LogP contribution is -2.63. The Hall–Kier alpha value is -2.40. The first-order valence-corrected chi connectivity index (χ1v) is 9.90. The number of carbonyl (C=O) groups excluding carboxylic acids is 1. The standard InChI is InChI=1S/C22H28N4O/c1-15-10-21(23)24-12-20(15)17-7-5-8-18(11-17)22(27)25-13-19(14-25)26-9-4-3-6-16(26)2/h5,7-8,10-12,16,19H,3-4,6,9,13-14H2,1-2H3,(H2,23,24). The number of hydrogen-bond acceptors (Lipinski definition) is 4. The molecule has 1 amide bonds. The largest absolute Gasteiger partial charge is 0.384 e. The fourth-order valence-electron chi connectivity index (χ4n) is 4.38. The van der Waals surface area contributed by atoms with Gasteiger partial charge in [-0.3, -0.25) is 9.69 Å². The molecule has 5 heteroatoms. The van der Waals surface area contributed by atoms with E-state index in [0.717, 1.165) is 35.3 Å². The van der Waals surface area contributed by atoms with Crippen molar-refractivity contribution in [1.82, 2.24) is 14.8 Å². The number of amides is 1. The van der Waals surface area contributed by atoms with Crippen LogP contribution in [0.5, 0.6) is 0 Å². The van der Waals surface area contributed by atoms with Crippen molar-refractivity contribution in [3.63, 3.8) is 0 Å². The number of nitrogen functional groups attached to an aromatic ring is 1. The second-order valence-corrected chi connectivity index (χ2v) is 7.95. The second-order valence-electron chi connectivity index (χ2n) is 7.95. The van der Waals surface area contributed by atoms with Gasteiger partial charge in [0.1, 0.15) is 5.82 Å². The summed E-state index contributed by atoms with van der Waals surface area (Å²) < 4.78 is 0. The van der Waals surface area contributed by atoms with Gasteiger partial charge in [0.15, 0.2) is 0 Å². The lowest BCUT2D eigenvalue weighted by atomic mass is 9.96. The average Bonchev–Trinajstić information content (AvgIpc) is 2.62. The first kappa shape index (κ1) is 18.0. The van der Waals surface area contributed by atoms with E-state index in [-0.39, 0.29) is 5.91 Å². The number of carbonyl (C=O) groups is 1. The third-order valence-electron chi connectivity index (χ3n) is 6.03. The van der Waals surface area contributed by atoms with Crippen molar-refractivity contribution in [1.29, 1.82) is 0 Å². The van der Waals surface area contributed by atoms with Crippen LogP contribution in [0.25, 0.3) is 11.1 Å². The molecule has 1 aromatic carbocycles. The highest BCUT2D eigenvalue weighted by atomic mass is 16.2. The van der Waals surface area contributed by atoms with Gasteiger partial charge in [0.05, 0.1) is 0 Å². The summed E-state index contributed by atoms with van der Waals surface area (Å²) in [4.78, 5) is 21.7. The number of aromatic nitrogens is 1. The van der Waals surface area contributed by atoms with Crippen molar-refractivity contribution in [2.45, 2.75) is 45.2 Å². The van der Waals surface area contributed by atoms with Crippen molar-refractivity contribution < 1.29 is 4.79 Å². The molecule has 2 aromatic rings. The van der Waals surface area contributed by atoms with E-state index in [2.05, 4.69) is 16.8 Å². The summed E-state index contributed by atoms with van der Waals surface area (Å²) in [6, 6.07) is 10.9. The Balaban J connectivity index is 1.46. The number of aryl methyl sites for hydroxylation is 1. The summed E-state index contributed by atoms with van der Waals surface area (Å²) in [6.45, 7) is 7.19. The monoisotopic (exact) mass is 364 g/mol. The molecule has 5 nitrogen and oxygen atoms in total. The SMILES string of the molecule is Cc1cc(N)ncc1-c1cccc(C(=O)N2CC(N3CCCCC3C)C2)c1. The van der Waals surface area contributed by atoms with E-state index in [1.807, 2.05) is 42.2 Å². The van der Waals surface area contributed by atoms with Crippen LogP contribution in [-0.2, 0) is 0 Å². The molecule has 0 aliphatic carbocycles. The molecular weight excluding hydrogens is 336 g/mol. The van der Waals surface area contributed by atoms with Crippen LogP contribution >= 0.6 is 0 Å². The van der Waals surface area contributed by atoms with Crippen molar-refractivity contribution >= 4 is 11.7 Å². The molecule has 27 heavy (non-hydrogen) atoms. The quantitative estimate of drug-likeness (QED) is 0.907. The highest BCUT2D eigenvalue weighted by Crippen LogP contribution is 2.28. The number of pyridine rings is 1. The molecule has 0 bridgehead atoms. The molecule has 1 aromatic heterocycles. The maximum absolute atomic E-state index is 12.9. The molecule has 1 atom stereocenters. The van der Waals surface area contributed by atoms with Gasteiger partial charge in [-0.2, -0.15) is 0 Å². The Labute approximate surface area is 161 Å². The molecule has 142 valence electrons. The normalized spacial score (nSPS) is 21.1. The maximum Gasteiger partial charge on any atom is 0.253 e. The fraction of sp³-hybridized carbons (Fsp3) is 0.455. The molecule has 0 spiro atoms. The Morgan fingerprint density at radius 1 is 1.22 bits per heavy atom. The molecule has 2 aliphatic heterocycles. The summed E-state index contributed by atoms with van der Waals surface area (Å²) in [6.07, 6.45) is 5.68. The van der Waals surface area contributed by atoms with Gasteiger partial charge in [0, 0.05) is 42.5 Å². The van der Waals surface area contributed by atoms with Crippen LogP contribution < -0.4 is 5.73 Å². The Morgan fingerprint density at radius 3 is 2.78 bits per heavy atom. The smallest absolute Gasteiger partial charge is 0.253 e. The van der Waals surface area contributed by atoms with Gasteiger partial charge in [-0.05, 0) is 62.6 Å². The molecule has 0 saturated carbocycles. The number of nitrogens with two attached hydrogens (primary N) is 1. The number of benzene rings is 1. The highest BCUT2D eigenvalue weighted by Gasteiger charge is 2.37. The van der Waals surface area contributed by atoms with Gasteiger partial charge in [0.25, 0.3) is 5.91 Å². The van der Waals surface area contributed by atoms with Crippen molar-refractivity contribution in [2.75, 3.05) is 25.4 Å². The summed E-state index contributed by atoms with van der Waals surface area (Å²) in [5.41, 5.74) is 9.59. The predicted octanol–water partition coefficient (Wildman–Crippen LogP) is 3.34. The van der Waals surface area contributed by atoms with Gasteiger partial charge < -0.3 is 10.6 Å². The van der Waals surface area contributed by atoms with Gasteiger partial charge in [-0.25, -0.2) is 4.98 Å². The lowest BCUT2D eigenvalue weighted by molar-refractivity contribution is 0.00213. The van der Waals surface area contributed by atoms with Crippen LogP contribution in [-0.4, -0.2) is 52.4 Å². The maximum atomic E-state index is 12.9. The third kappa shape index (κ3) is 3.56. The number of hydrogen-bond donors (Lipinski definition) is 1. The van der Waals surface area contributed by atoms with Crippen molar-refractivity contribution in [3.05, 3.63) is 47.7 Å². The summed E-state index contributed by atoms with van der Waals surface area (Å²) in [5.74, 6) is 0.640.